The Bertz CT molecular complexity index is 1430. The minimum absolute atomic E-state index is 0.126. The number of rotatable bonds is 7. The Morgan fingerprint density at radius 3 is 2.24 bits per heavy atom. The van der Waals surface area contributed by atoms with Crippen LogP contribution in [0.3, 0.4) is 0 Å². The lowest BCUT2D eigenvalue weighted by Crippen LogP contribution is -2.67. The van der Waals surface area contributed by atoms with E-state index in [0.29, 0.717) is 48.9 Å². The Kier molecular flexibility index (Phi) is 7.55. The summed E-state index contributed by atoms with van der Waals surface area (Å²) < 4.78 is 25.4. The van der Waals surface area contributed by atoms with E-state index in [9.17, 15) is 4.21 Å². The average Bonchev–Trinajstić information content (AvgIpc) is 3.06. The first kappa shape index (κ1) is 26.7. The van der Waals surface area contributed by atoms with Crippen molar-refractivity contribution in [3.63, 3.8) is 0 Å². The molecule has 1 aliphatic rings. The van der Waals surface area contributed by atoms with E-state index in [0.717, 1.165) is 0 Å². The molecule has 1 unspecified atom stereocenters. The molecule has 0 radical (unpaired) electrons. The molecule has 7 nitrogen and oxygen atoms in total. The van der Waals surface area contributed by atoms with Crippen LogP contribution in [0.25, 0.3) is 10.9 Å². The second-order valence-corrected chi connectivity index (χ2v) is 16.2. The number of pyridine rings is 1. The van der Waals surface area contributed by atoms with Gasteiger partial charge in [-0.05, 0) is 15.4 Å². The van der Waals surface area contributed by atoms with Crippen molar-refractivity contribution >= 4 is 57.8 Å². The van der Waals surface area contributed by atoms with Gasteiger partial charge < -0.3 is 14.1 Å². The molecule has 3 heterocycles. The first-order chi connectivity index (χ1) is 18.2. The molecule has 10 heteroatoms. The standard InChI is InChI=1S/C28H31ClN4O3SSi/c1-28(2,3)38(20-11-7-5-8-12-20,21-13-9-6-10-14-21)36-18-16-33-15-17-35-26-24-22(19-23(29)31-26)30-27(37(4)34)32-25(24)33/h5-14,19H,15-18H2,1-4H3. The first-order valence-electron chi connectivity index (χ1n) is 12.6. The molecule has 0 spiro atoms. The molecule has 5 rings (SSSR count). The van der Waals surface area contributed by atoms with E-state index < -0.39 is 19.1 Å². The third-order valence-corrected chi connectivity index (χ3v) is 12.8. The molecule has 0 aliphatic carbocycles. The van der Waals surface area contributed by atoms with Crippen molar-refractivity contribution in [2.24, 2.45) is 0 Å². The Balaban J connectivity index is 1.54. The Morgan fingerprint density at radius 1 is 1.03 bits per heavy atom. The first-order valence-corrected chi connectivity index (χ1v) is 16.4. The zero-order chi connectivity index (χ0) is 26.9. The van der Waals surface area contributed by atoms with Crippen molar-refractivity contribution in [3.05, 3.63) is 71.9 Å². The lowest BCUT2D eigenvalue weighted by molar-refractivity contribution is 0.292. The molecule has 2 aromatic carbocycles. The van der Waals surface area contributed by atoms with Crippen LogP contribution in [-0.4, -0.2) is 60.0 Å². The summed E-state index contributed by atoms with van der Waals surface area (Å²) in [5, 5.41) is 3.53. The average molecular weight is 567 g/mol. The van der Waals surface area contributed by atoms with E-state index in [-0.39, 0.29) is 15.3 Å². The molecular formula is C28H31ClN4O3SSi. The van der Waals surface area contributed by atoms with Gasteiger partial charge in [0.05, 0.1) is 29.5 Å². The normalized spacial score (nSPS) is 14.7. The predicted octanol–water partition coefficient (Wildman–Crippen LogP) is 4.19. The SMILES string of the molecule is CS(=O)c1nc2c3c(nc(Cl)cc3n1)OCCN2CCO[Si](c1ccccc1)(c1ccccc1)C(C)(C)C. The summed E-state index contributed by atoms with van der Waals surface area (Å²) in [5.41, 5.74) is 0.565. The summed E-state index contributed by atoms with van der Waals surface area (Å²) in [7, 11) is -4.05. The molecule has 0 amide bonds. The van der Waals surface area contributed by atoms with Gasteiger partial charge in [-0.2, -0.15) is 0 Å². The summed E-state index contributed by atoms with van der Waals surface area (Å²) in [6.45, 7) is 8.81. The summed E-state index contributed by atoms with van der Waals surface area (Å²) in [6, 6.07) is 22.8. The zero-order valence-electron chi connectivity index (χ0n) is 22.0. The molecule has 198 valence electrons. The van der Waals surface area contributed by atoms with Crippen molar-refractivity contribution in [2.45, 2.75) is 31.0 Å². The predicted molar refractivity (Wildman–Crippen MR) is 156 cm³/mol. The van der Waals surface area contributed by atoms with Gasteiger partial charge in [0.1, 0.15) is 23.0 Å². The smallest absolute Gasteiger partial charge is 0.261 e. The van der Waals surface area contributed by atoms with E-state index in [1.807, 2.05) is 12.1 Å². The fraction of sp³-hybridized carbons (Fsp3) is 0.321. The highest BCUT2D eigenvalue weighted by Gasteiger charge is 2.50. The van der Waals surface area contributed by atoms with E-state index in [1.165, 1.54) is 10.4 Å². The summed E-state index contributed by atoms with van der Waals surface area (Å²) in [4.78, 5) is 15.7. The zero-order valence-corrected chi connectivity index (χ0v) is 24.6. The van der Waals surface area contributed by atoms with Crippen LogP contribution in [0.5, 0.6) is 5.88 Å². The van der Waals surface area contributed by atoms with Gasteiger partial charge in [-0.1, -0.05) is 93.0 Å². The van der Waals surface area contributed by atoms with Crippen molar-refractivity contribution < 1.29 is 13.4 Å². The highest BCUT2D eigenvalue weighted by Crippen LogP contribution is 2.38. The number of anilines is 1. The van der Waals surface area contributed by atoms with Crippen LogP contribution >= 0.6 is 11.6 Å². The van der Waals surface area contributed by atoms with E-state index in [1.54, 1.807) is 12.3 Å². The van der Waals surface area contributed by atoms with Gasteiger partial charge in [0, 0.05) is 18.9 Å². The molecule has 0 N–H and O–H groups in total. The molecule has 1 atom stereocenters. The molecule has 2 aromatic heterocycles. The lowest BCUT2D eigenvalue weighted by Gasteiger charge is -2.43. The number of hydrogen-bond acceptors (Lipinski definition) is 7. The number of halogens is 1. The van der Waals surface area contributed by atoms with Crippen LogP contribution < -0.4 is 20.0 Å². The molecule has 0 saturated heterocycles. The third-order valence-electron chi connectivity index (χ3n) is 6.83. The second kappa shape index (κ2) is 10.7. The summed E-state index contributed by atoms with van der Waals surface area (Å²) in [6.07, 6.45) is 1.57. The lowest BCUT2D eigenvalue weighted by atomic mass is 10.2. The van der Waals surface area contributed by atoms with Gasteiger partial charge in [0.2, 0.25) is 11.0 Å². The molecule has 38 heavy (non-hydrogen) atoms. The molecule has 0 saturated carbocycles. The number of benzene rings is 2. The van der Waals surface area contributed by atoms with Crippen LogP contribution in [0.15, 0.2) is 71.9 Å². The Morgan fingerprint density at radius 2 is 1.66 bits per heavy atom. The molecule has 4 aromatic rings. The van der Waals surface area contributed by atoms with Gasteiger partial charge in [0.25, 0.3) is 8.32 Å². The maximum atomic E-state index is 12.4. The van der Waals surface area contributed by atoms with Crippen LogP contribution in [0.2, 0.25) is 10.2 Å². The van der Waals surface area contributed by atoms with Crippen LogP contribution in [0.1, 0.15) is 20.8 Å². The molecule has 0 fully saturated rings. The van der Waals surface area contributed by atoms with E-state index in [4.69, 9.17) is 20.8 Å². The van der Waals surface area contributed by atoms with E-state index in [2.05, 4.69) is 89.2 Å². The van der Waals surface area contributed by atoms with Crippen molar-refractivity contribution in [1.82, 2.24) is 15.0 Å². The quantitative estimate of drug-likeness (QED) is 0.188. The van der Waals surface area contributed by atoms with Crippen LogP contribution in [0, 0.1) is 0 Å². The molecule has 0 bridgehead atoms. The fourth-order valence-corrected chi connectivity index (χ4v) is 10.3. The van der Waals surface area contributed by atoms with Gasteiger partial charge in [-0.3, -0.25) is 4.21 Å². The Hall–Kier alpha value is -2.85. The monoisotopic (exact) mass is 566 g/mol. The topological polar surface area (TPSA) is 77.4 Å². The highest BCUT2D eigenvalue weighted by atomic mass is 35.5. The fourth-order valence-electron chi connectivity index (χ4n) is 5.16. The summed E-state index contributed by atoms with van der Waals surface area (Å²) in [5.74, 6) is 1.04. The molecular weight excluding hydrogens is 536 g/mol. The van der Waals surface area contributed by atoms with E-state index >= 15 is 0 Å². The van der Waals surface area contributed by atoms with Gasteiger partial charge in [-0.25, -0.2) is 15.0 Å². The van der Waals surface area contributed by atoms with Gasteiger partial charge in [0.15, 0.2) is 0 Å². The number of aromatic nitrogens is 3. The molecule has 1 aliphatic heterocycles. The van der Waals surface area contributed by atoms with Gasteiger partial charge >= 0.3 is 0 Å². The van der Waals surface area contributed by atoms with Crippen molar-refractivity contribution in [3.8, 4) is 5.88 Å². The Labute approximate surface area is 231 Å². The largest absolute Gasteiger partial charge is 0.475 e. The summed E-state index contributed by atoms with van der Waals surface area (Å²) >= 11 is 6.24. The maximum absolute atomic E-state index is 12.4. The van der Waals surface area contributed by atoms with Crippen molar-refractivity contribution in [2.75, 3.05) is 37.5 Å². The second-order valence-electron chi connectivity index (χ2n) is 10.3. The number of nitrogens with zero attached hydrogens (tertiary/aromatic N) is 4. The maximum Gasteiger partial charge on any atom is 0.261 e. The van der Waals surface area contributed by atoms with Crippen molar-refractivity contribution in [1.29, 1.82) is 0 Å². The van der Waals surface area contributed by atoms with Crippen LogP contribution in [-0.2, 0) is 15.2 Å². The number of ether oxygens (including phenoxy) is 1. The van der Waals surface area contributed by atoms with Gasteiger partial charge in [-0.15, -0.1) is 0 Å². The third kappa shape index (κ3) is 4.95. The highest BCUT2D eigenvalue weighted by molar-refractivity contribution is 7.84. The minimum atomic E-state index is -2.69. The minimum Gasteiger partial charge on any atom is -0.475 e. The number of hydrogen-bond donors (Lipinski definition) is 0. The van der Waals surface area contributed by atoms with Crippen LogP contribution in [0.4, 0.5) is 5.82 Å².